The molecule has 1 unspecified atom stereocenters. The molecule has 136 valence electrons. The number of likely N-dealkylation sites (N-methyl/N-ethyl adjacent to an activating group) is 1. The minimum Gasteiger partial charge on any atom is -0.497 e. The zero-order valence-corrected chi connectivity index (χ0v) is 15.9. The van der Waals surface area contributed by atoms with Gasteiger partial charge in [-0.15, -0.1) is 0 Å². The lowest BCUT2D eigenvalue weighted by molar-refractivity contribution is -0.151. The van der Waals surface area contributed by atoms with Crippen LogP contribution in [-0.4, -0.2) is 48.1 Å². The first-order valence-electron chi connectivity index (χ1n) is 9.05. The first-order valence-corrected chi connectivity index (χ1v) is 9.05. The van der Waals surface area contributed by atoms with Gasteiger partial charge in [0, 0.05) is 24.3 Å². The van der Waals surface area contributed by atoms with Gasteiger partial charge in [0.15, 0.2) is 5.78 Å². The van der Waals surface area contributed by atoms with E-state index in [2.05, 4.69) is 25.8 Å². The van der Waals surface area contributed by atoms with Crippen LogP contribution in [-0.2, 0) is 10.2 Å². The lowest BCUT2D eigenvalue weighted by Crippen LogP contribution is -2.69. The van der Waals surface area contributed by atoms with Crippen LogP contribution < -0.4 is 4.74 Å². The SMILES string of the molecule is C/C=C1/C[C@@]2(O)C(C)N(C)CC[C@]2(c2cc(OC)ccc2C)CC1=O. The summed E-state index contributed by atoms with van der Waals surface area (Å²) in [5, 5.41) is 12.0. The van der Waals surface area contributed by atoms with Crippen LogP contribution in [0.25, 0.3) is 0 Å². The number of benzene rings is 1. The van der Waals surface area contributed by atoms with Gasteiger partial charge in [-0.3, -0.25) is 4.79 Å². The predicted octanol–water partition coefficient (Wildman–Crippen LogP) is 3.01. The van der Waals surface area contributed by atoms with Crippen molar-refractivity contribution in [2.45, 2.75) is 57.1 Å². The molecule has 0 amide bonds. The van der Waals surface area contributed by atoms with Gasteiger partial charge in [-0.25, -0.2) is 0 Å². The minimum atomic E-state index is -0.979. The number of rotatable bonds is 2. The molecule has 1 aliphatic heterocycles. The highest BCUT2D eigenvalue weighted by Gasteiger charge is 2.61. The number of fused-ring (bicyclic) bond motifs is 1. The van der Waals surface area contributed by atoms with Gasteiger partial charge in [0.25, 0.3) is 0 Å². The Morgan fingerprint density at radius 1 is 1.36 bits per heavy atom. The highest BCUT2D eigenvalue weighted by molar-refractivity contribution is 5.98. The summed E-state index contributed by atoms with van der Waals surface area (Å²) in [5.41, 5.74) is 1.36. The second-order valence-electron chi connectivity index (χ2n) is 7.68. The third-order valence-corrected chi connectivity index (χ3v) is 6.66. The van der Waals surface area contributed by atoms with Gasteiger partial charge >= 0.3 is 0 Å². The highest BCUT2D eigenvalue weighted by Crippen LogP contribution is 2.55. The van der Waals surface area contributed by atoms with Gasteiger partial charge in [-0.05, 0) is 69.6 Å². The molecule has 2 fully saturated rings. The van der Waals surface area contributed by atoms with E-state index in [1.807, 2.05) is 31.2 Å². The summed E-state index contributed by atoms with van der Waals surface area (Å²) in [6, 6.07) is 5.96. The van der Waals surface area contributed by atoms with Crippen LogP contribution in [0, 0.1) is 6.92 Å². The van der Waals surface area contributed by atoms with Gasteiger partial charge in [-0.1, -0.05) is 12.1 Å². The van der Waals surface area contributed by atoms with E-state index in [0.29, 0.717) is 12.8 Å². The molecule has 1 aromatic rings. The fourth-order valence-corrected chi connectivity index (χ4v) is 4.85. The van der Waals surface area contributed by atoms with Crippen molar-refractivity contribution in [2.75, 3.05) is 20.7 Å². The molecule has 2 aliphatic rings. The average Bonchev–Trinajstić information content (AvgIpc) is 2.60. The Morgan fingerprint density at radius 2 is 2.08 bits per heavy atom. The lowest BCUT2D eigenvalue weighted by Gasteiger charge is -2.59. The lowest BCUT2D eigenvalue weighted by atomic mass is 9.52. The maximum absolute atomic E-state index is 12.8. The van der Waals surface area contributed by atoms with E-state index in [9.17, 15) is 9.90 Å². The van der Waals surface area contributed by atoms with Crippen LogP contribution in [0.4, 0.5) is 0 Å². The summed E-state index contributed by atoms with van der Waals surface area (Å²) in [6.07, 6.45) is 3.39. The molecule has 25 heavy (non-hydrogen) atoms. The molecule has 4 heteroatoms. The standard InChI is InChI=1S/C21H29NO3/c1-6-16-12-21(24)15(3)22(4)10-9-20(21,13-19(16)23)18-11-17(25-5)8-7-14(18)2/h6-8,11,15,24H,9-10,12-13H2,1-5H3/b16-6-/t15?,20-,21-/m1/s1. The van der Waals surface area contributed by atoms with Crippen molar-refractivity contribution >= 4 is 5.78 Å². The largest absolute Gasteiger partial charge is 0.497 e. The number of carbonyl (C=O) groups is 1. The number of nitrogens with zero attached hydrogens (tertiary/aromatic N) is 1. The summed E-state index contributed by atoms with van der Waals surface area (Å²) in [6.45, 7) is 6.88. The molecule has 1 aliphatic carbocycles. The van der Waals surface area contributed by atoms with Gasteiger partial charge < -0.3 is 14.7 Å². The van der Waals surface area contributed by atoms with Crippen molar-refractivity contribution in [3.8, 4) is 5.75 Å². The molecule has 1 N–H and O–H groups in total. The molecule has 1 saturated carbocycles. The molecule has 1 heterocycles. The third kappa shape index (κ3) is 2.54. The van der Waals surface area contributed by atoms with Crippen LogP contribution in [0.2, 0.25) is 0 Å². The van der Waals surface area contributed by atoms with Crippen molar-refractivity contribution in [2.24, 2.45) is 0 Å². The molecule has 3 rings (SSSR count). The molecule has 1 saturated heterocycles. The average molecular weight is 343 g/mol. The van der Waals surface area contributed by atoms with Crippen molar-refractivity contribution < 1.29 is 14.6 Å². The Kier molecular flexibility index (Phi) is 4.54. The predicted molar refractivity (Wildman–Crippen MR) is 99.1 cm³/mol. The fourth-order valence-electron chi connectivity index (χ4n) is 4.85. The summed E-state index contributed by atoms with van der Waals surface area (Å²) in [7, 11) is 3.70. The number of allylic oxidation sites excluding steroid dienone is 1. The Bertz CT molecular complexity index is 726. The van der Waals surface area contributed by atoms with E-state index in [1.54, 1.807) is 7.11 Å². The van der Waals surface area contributed by atoms with E-state index in [-0.39, 0.29) is 11.8 Å². The highest BCUT2D eigenvalue weighted by atomic mass is 16.5. The quantitative estimate of drug-likeness (QED) is 0.839. The first kappa shape index (κ1) is 18.2. The topological polar surface area (TPSA) is 49.8 Å². The molecule has 3 atom stereocenters. The number of ketones is 1. The monoisotopic (exact) mass is 343 g/mol. The maximum atomic E-state index is 12.8. The summed E-state index contributed by atoms with van der Waals surface area (Å²) in [5.74, 6) is 0.930. The van der Waals surface area contributed by atoms with Crippen molar-refractivity contribution in [3.05, 3.63) is 41.0 Å². The smallest absolute Gasteiger partial charge is 0.159 e. The molecular formula is C21H29NO3. The van der Waals surface area contributed by atoms with Crippen LogP contribution in [0.15, 0.2) is 29.8 Å². The normalized spacial score (nSPS) is 34.9. The Labute approximate surface area is 150 Å². The fraction of sp³-hybridized carbons (Fsp3) is 0.571. The zero-order chi connectivity index (χ0) is 18.4. The van der Waals surface area contributed by atoms with Gasteiger partial charge in [0.2, 0.25) is 0 Å². The number of hydrogen-bond acceptors (Lipinski definition) is 4. The van der Waals surface area contributed by atoms with Gasteiger partial charge in [-0.2, -0.15) is 0 Å². The molecule has 4 nitrogen and oxygen atoms in total. The van der Waals surface area contributed by atoms with Gasteiger partial charge in [0.05, 0.1) is 12.7 Å². The number of aliphatic hydroxyl groups is 1. The second kappa shape index (κ2) is 6.26. The van der Waals surface area contributed by atoms with Gasteiger partial charge in [0.1, 0.15) is 5.75 Å². The number of piperidine rings is 1. The Morgan fingerprint density at radius 3 is 2.72 bits per heavy atom. The zero-order valence-electron chi connectivity index (χ0n) is 15.9. The Hall–Kier alpha value is -1.65. The number of likely N-dealkylation sites (tertiary alicyclic amines) is 1. The number of carbonyl (C=O) groups excluding carboxylic acids is 1. The van der Waals surface area contributed by atoms with Crippen molar-refractivity contribution in [3.63, 3.8) is 0 Å². The van der Waals surface area contributed by atoms with E-state index in [1.165, 1.54) is 0 Å². The van der Waals surface area contributed by atoms with E-state index >= 15 is 0 Å². The van der Waals surface area contributed by atoms with Crippen LogP contribution in [0.3, 0.4) is 0 Å². The first-order chi connectivity index (χ1) is 11.8. The molecular weight excluding hydrogens is 314 g/mol. The molecule has 0 spiro atoms. The number of ether oxygens (including phenoxy) is 1. The summed E-state index contributed by atoms with van der Waals surface area (Å²) >= 11 is 0. The molecule has 0 aromatic heterocycles. The molecule has 1 aromatic carbocycles. The Balaban J connectivity index is 2.24. The second-order valence-corrected chi connectivity index (χ2v) is 7.68. The van der Waals surface area contributed by atoms with E-state index in [0.717, 1.165) is 35.4 Å². The van der Waals surface area contributed by atoms with Crippen molar-refractivity contribution in [1.29, 1.82) is 0 Å². The van der Waals surface area contributed by atoms with Crippen LogP contribution in [0.1, 0.15) is 44.2 Å². The molecule has 0 radical (unpaired) electrons. The maximum Gasteiger partial charge on any atom is 0.159 e. The van der Waals surface area contributed by atoms with Crippen LogP contribution in [0.5, 0.6) is 5.75 Å². The minimum absolute atomic E-state index is 0.0325. The number of Topliss-reactive ketones (excluding diaryl/α,β-unsaturated/α-hetero) is 1. The summed E-state index contributed by atoms with van der Waals surface area (Å²) < 4.78 is 5.44. The number of methoxy groups -OCH3 is 1. The van der Waals surface area contributed by atoms with Crippen LogP contribution >= 0.6 is 0 Å². The third-order valence-electron chi connectivity index (χ3n) is 6.66. The van der Waals surface area contributed by atoms with E-state index in [4.69, 9.17) is 4.74 Å². The number of hydrogen-bond donors (Lipinski definition) is 1. The van der Waals surface area contributed by atoms with Crippen molar-refractivity contribution in [1.82, 2.24) is 4.90 Å². The number of aryl methyl sites for hydroxylation is 1. The van der Waals surface area contributed by atoms with E-state index < -0.39 is 11.0 Å². The summed E-state index contributed by atoms with van der Waals surface area (Å²) in [4.78, 5) is 15.0. The molecule has 0 bridgehead atoms.